The van der Waals surface area contributed by atoms with Gasteiger partial charge in [-0.1, -0.05) is 30.3 Å². The SMILES string of the molecule is CCC(N)c1noc(Cc2ccccc2F)n1. The van der Waals surface area contributed by atoms with Gasteiger partial charge in [-0.3, -0.25) is 0 Å². The third kappa shape index (κ3) is 2.68. The number of nitrogens with zero attached hydrogens (tertiary/aromatic N) is 2. The highest BCUT2D eigenvalue weighted by Crippen LogP contribution is 2.14. The van der Waals surface area contributed by atoms with Crippen molar-refractivity contribution in [2.24, 2.45) is 5.73 Å². The van der Waals surface area contributed by atoms with Crippen LogP contribution in [0.25, 0.3) is 0 Å². The summed E-state index contributed by atoms with van der Waals surface area (Å²) in [5, 5.41) is 3.78. The van der Waals surface area contributed by atoms with Crippen LogP contribution in [0, 0.1) is 5.82 Å². The van der Waals surface area contributed by atoms with Crippen LogP contribution < -0.4 is 5.73 Å². The molecule has 17 heavy (non-hydrogen) atoms. The molecule has 0 aliphatic rings. The van der Waals surface area contributed by atoms with Gasteiger partial charge in [0, 0.05) is 0 Å². The first-order valence-corrected chi connectivity index (χ1v) is 5.52. The van der Waals surface area contributed by atoms with E-state index in [0.717, 1.165) is 6.42 Å². The number of hydrogen-bond acceptors (Lipinski definition) is 4. The van der Waals surface area contributed by atoms with Gasteiger partial charge in [0.15, 0.2) is 5.82 Å². The standard InChI is InChI=1S/C12H14FN3O/c1-2-10(14)12-15-11(17-16-12)7-8-5-3-4-6-9(8)13/h3-6,10H,2,7,14H2,1H3. The van der Waals surface area contributed by atoms with E-state index < -0.39 is 0 Å². The number of benzene rings is 1. The Morgan fingerprint density at radius 1 is 1.41 bits per heavy atom. The second kappa shape index (κ2) is 5.05. The zero-order chi connectivity index (χ0) is 12.3. The fourth-order valence-electron chi connectivity index (χ4n) is 1.48. The van der Waals surface area contributed by atoms with Crippen LogP contribution in [0.15, 0.2) is 28.8 Å². The van der Waals surface area contributed by atoms with Crippen LogP contribution in [0.4, 0.5) is 4.39 Å². The van der Waals surface area contributed by atoms with Gasteiger partial charge in [-0.25, -0.2) is 4.39 Å². The molecular formula is C12H14FN3O. The van der Waals surface area contributed by atoms with Crippen LogP contribution in [0.5, 0.6) is 0 Å². The topological polar surface area (TPSA) is 64.9 Å². The maximum absolute atomic E-state index is 13.4. The van der Waals surface area contributed by atoms with Crippen LogP contribution in [-0.4, -0.2) is 10.1 Å². The van der Waals surface area contributed by atoms with Crippen LogP contribution in [-0.2, 0) is 6.42 Å². The number of aromatic nitrogens is 2. The molecule has 1 aromatic heterocycles. The van der Waals surface area contributed by atoms with Crippen molar-refractivity contribution in [2.75, 3.05) is 0 Å². The fraction of sp³-hybridized carbons (Fsp3) is 0.333. The van der Waals surface area contributed by atoms with Crippen molar-refractivity contribution in [1.29, 1.82) is 0 Å². The van der Waals surface area contributed by atoms with Crippen molar-refractivity contribution in [2.45, 2.75) is 25.8 Å². The summed E-state index contributed by atoms with van der Waals surface area (Å²) in [7, 11) is 0. The largest absolute Gasteiger partial charge is 0.339 e. The van der Waals surface area contributed by atoms with Gasteiger partial charge >= 0.3 is 0 Å². The Kier molecular flexibility index (Phi) is 3.49. The Morgan fingerprint density at radius 2 is 2.18 bits per heavy atom. The molecule has 4 nitrogen and oxygen atoms in total. The van der Waals surface area contributed by atoms with Crippen molar-refractivity contribution >= 4 is 0 Å². The molecule has 2 N–H and O–H groups in total. The summed E-state index contributed by atoms with van der Waals surface area (Å²) in [6.45, 7) is 1.94. The molecule has 0 amide bonds. The summed E-state index contributed by atoms with van der Waals surface area (Å²) in [6, 6.07) is 6.29. The summed E-state index contributed by atoms with van der Waals surface area (Å²) in [5.41, 5.74) is 6.31. The first-order chi connectivity index (χ1) is 8.20. The lowest BCUT2D eigenvalue weighted by Crippen LogP contribution is -2.10. The first-order valence-electron chi connectivity index (χ1n) is 5.52. The van der Waals surface area contributed by atoms with Crippen LogP contribution >= 0.6 is 0 Å². The molecule has 0 bridgehead atoms. The lowest BCUT2D eigenvalue weighted by atomic mass is 10.1. The maximum atomic E-state index is 13.4. The van der Waals surface area contributed by atoms with E-state index in [1.54, 1.807) is 18.2 Å². The zero-order valence-electron chi connectivity index (χ0n) is 9.56. The zero-order valence-corrected chi connectivity index (χ0v) is 9.56. The smallest absolute Gasteiger partial charge is 0.231 e. The minimum Gasteiger partial charge on any atom is -0.339 e. The molecule has 2 rings (SSSR count). The highest BCUT2D eigenvalue weighted by atomic mass is 19.1. The molecule has 0 saturated heterocycles. The van der Waals surface area contributed by atoms with E-state index in [4.69, 9.17) is 10.3 Å². The highest BCUT2D eigenvalue weighted by molar-refractivity contribution is 5.20. The fourth-order valence-corrected chi connectivity index (χ4v) is 1.48. The normalized spacial score (nSPS) is 12.6. The quantitative estimate of drug-likeness (QED) is 0.882. The Balaban J connectivity index is 2.14. The average molecular weight is 235 g/mol. The molecule has 5 heteroatoms. The summed E-state index contributed by atoms with van der Waals surface area (Å²) in [5.74, 6) is 0.583. The number of rotatable bonds is 4. The minimum absolute atomic E-state index is 0.229. The van der Waals surface area contributed by atoms with Gasteiger partial charge in [0.05, 0.1) is 12.5 Å². The Bertz CT molecular complexity index is 498. The summed E-state index contributed by atoms with van der Waals surface area (Å²) in [6.07, 6.45) is 1.02. The van der Waals surface area contributed by atoms with Crippen LogP contribution in [0.3, 0.4) is 0 Å². The van der Waals surface area contributed by atoms with Gasteiger partial charge in [0.2, 0.25) is 5.89 Å². The minimum atomic E-state index is -0.271. The molecule has 1 atom stereocenters. The van der Waals surface area contributed by atoms with Crippen LogP contribution in [0.2, 0.25) is 0 Å². The van der Waals surface area contributed by atoms with E-state index in [1.165, 1.54) is 6.07 Å². The molecule has 1 heterocycles. The molecule has 0 fully saturated rings. The molecule has 0 spiro atoms. The molecule has 0 saturated carbocycles. The van der Waals surface area contributed by atoms with E-state index in [9.17, 15) is 4.39 Å². The Morgan fingerprint density at radius 3 is 2.88 bits per heavy atom. The maximum Gasteiger partial charge on any atom is 0.231 e. The van der Waals surface area contributed by atoms with E-state index in [-0.39, 0.29) is 18.3 Å². The van der Waals surface area contributed by atoms with Gasteiger partial charge in [0.25, 0.3) is 0 Å². The first kappa shape index (κ1) is 11.7. The van der Waals surface area contributed by atoms with Crippen molar-refractivity contribution in [3.63, 3.8) is 0 Å². The predicted molar refractivity (Wildman–Crippen MR) is 60.7 cm³/mol. The lowest BCUT2D eigenvalue weighted by molar-refractivity contribution is 0.374. The van der Waals surface area contributed by atoms with E-state index in [0.29, 0.717) is 17.3 Å². The molecule has 0 radical (unpaired) electrons. The molecule has 0 aliphatic carbocycles. The van der Waals surface area contributed by atoms with Gasteiger partial charge in [-0.05, 0) is 18.1 Å². The van der Waals surface area contributed by atoms with E-state index in [1.807, 2.05) is 6.92 Å². The van der Waals surface area contributed by atoms with Crippen molar-refractivity contribution in [1.82, 2.24) is 10.1 Å². The van der Waals surface area contributed by atoms with Gasteiger partial charge in [-0.15, -0.1) is 0 Å². The van der Waals surface area contributed by atoms with Crippen LogP contribution in [0.1, 0.15) is 36.7 Å². The van der Waals surface area contributed by atoms with Gasteiger partial charge in [-0.2, -0.15) is 4.98 Å². The van der Waals surface area contributed by atoms with Gasteiger partial charge < -0.3 is 10.3 Å². The monoisotopic (exact) mass is 235 g/mol. The number of hydrogen-bond donors (Lipinski definition) is 1. The molecular weight excluding hydrogens is 221 g/mol. The van der Waals surface area contributed by atoms with E-state index in [2.05, 4.69) is 10.1 Å². The number of halogens is 1. The molecule has 90 valence electrons. The van der Waals surface area contributed by atoms with E-state index >= 15 is 0 Å². The second-order valence-electron chi connectivity index (χ2n) is 3.83. The summed E-state index contributed by atoms with van der Waals surface area (Å²) < 4.78 is 18.4. The Hall–Kier alpha value is -1.75. The summed E-state index contributed by atoms with van der Waals surface area (Å²) in [4.78, 5) is 4.15. The second-order valence-corrected chi connectivity index (χ2v) is 3.83. The lowest BCUT2D eigenvalue weighted by Gasteiger charge is -2.00. The third-order valence-electron chi connectivity index (χ3n) is 2.55. The van der Waals surface area contributed by atoms with Crippen molar-refractivity contribution in [3.05, 3.63) is 47.4 Å². The van der Waals surface area contributed by atoms with Gasteiger partial charge in [0.1, 0.15) is 5.82 Å². The molecule has 1 unspecified atom stereocenters. The Labute approximate surface area is 98.6 Å². The third-order valence-corrected chi connectivity index (χ3v) is 2.55. The number of nitrogens with two attached hydrogens (primary N) is 1. The summed E-state index contributed by atoms with van der Waals surface area (Å²) >= 11 is 0. The molecule has 2 aromatic rings. The highest BCUT2D eigenvalue weighted by Gasteiger charge is 2.13. The molecule has 0 aliphatic heterocycles. The average Bonchev–Trinajstić information content (AvgIpc) is 2.80. The van der Waals surface area contributed by atoms with Crippen molar-refractivity contribution < 1.29 is 8.91 Å². The predicted octanol–water partition coefficient (Wildman–Crippen LogP) is 2.21. The van der Waals surface area contributed by atoms with Crippen molar-refractivity contribution in [3.8, 4) is 0 Å². The molecule has 1 aromatic carbocycles.